The number of hydrogen-bond donors (Lipinski definition) is 1. The monoisotopic (exact) mass is 299 g/mol. The highest BCUT2D eigenvalue weighted by molar-refractivity contribution is 6.29. The van der Waals surface area contributed by atoms with Crippen LogP contribution in [0.15, 0.2) is 55.1 Å². The average molecular weight is 300 g/mol. The lowest BCUT2D eigenvalue weighted by molar-refractivity contribution is 0.102. The Labute approximate surface area is 125 Å². The van der Waals surface area contributed by atoms with Gasteiger partial charge in [-0.25, -0.2) is 9.67 Å². The summed E-state index contributed by atoms with van der Waals surface area (Å²) in [5.74, 6) is -0.373. The fraction of sp³-hybridized carbons (Fsp3) is 0. The highest BCUT2D eigenvalue weighted by Crippen LogP contribution is 2.15. The van der Waals surface area contributed by atoms with Crippen molar-refractivity contribution in [3.05, 3.63) is 66.0 Å². The zero-order valence-electron chi connectivity index (χ0n) is 10.8. The highest BCUT2D eigenvalue weighted by atomic mass is 35.5. The van der Waals surface area contributed by atoms with E-state index < -0.39 is 0 Å². The van der Waals surface area contributed by atoms with Crippen molar-refractivity contribution in [3.8, 4) is 5.69 Å². The Bertz CT molecular complexity index is 773. The third-order valence-corrected chi connectivity index (χ3v) is 2.89. The lowest BCUT2D eigenvalue weighted by Gasteiger charge is -2.07. The summed E-state index contributed by atoms with van der Waals surface area (Å²) >= 11 is 5.72. The van der Waals surface area contributed by atoms with Crippen molar-refractivity contribution in [2.75, 3.05) is 5.32 Å². The molecule has 0 spiro atoms. The van der Waals surface area contributed by atoms with Crippen LogP contribution in [0.2, 0.25) is 5.15 Å². The standard InChI is InChI=1S/C14H10ClN5O/c15-13-9-16-8-12(19-13)14(21)18-10-3-1-4-11(7-10)20-6-2-5-17-20/h1-9H,(H,18,21). The maximum absolute atomic E-state index is 12.1. The van der Waals surface area contributed by atoms with Gasteiger partial charge in [0, 0.05) is 18.1 Å². The van der Waals surface area contributed by atoms with Gasteiger partial charge < -0.3 is 5.32 Å². The van der Waals surface area contributed by atoms with Crippen LogP contribution < -0.4 is 5.32 Å². The number of nitrogens with one attached hydrogen (secondary N) is 1. The second-order valence-electron chi connectivity index (χ2n) is 4.18. The molecule has 2 aromatic heterocycles. The van der Waals surface area contributed by atoms with E-state index in [1.807, 2.05) is 30.5 Å². The van der Waals surface area contributed by atoms with E-state index in [-0.39, 0.29) is 16.8 Å². The highest BCUT2D eigenvalue weighted by Gasteiger charge is 2.09. The molecule has 1 N–H and O–H groups in total. The van der Waals surface area contributed by atoms with Crippen LogP contribution in [-0.2, 0) is 0 Å². The van der Waals surface area contributed by atoms with Crippen LogP contribution in [0.4, 0.5) is 5.69 Å². The number of nitrogens with zero attached hydrogens (tertiary/aromatic N) is 4. The molecule has 7 heteroatoms. The molecule has 0 unspecified atom stereocenters. The summed E-state index contributed by atoms with van der Waals surface area (Å²) in [4.78, 5) is 19.8. The van der Waals surface area contributed by atoms with E-state index in [1.54, 1.807) is 16.9 Å². The Morgan fingerprint density at radius 3 is 2.90 bits per heavy atom. The molecule has 0 radical (unpaired) electrons. The summed E-state index contributed by atoms with van der Waals surface area (Å²) in [5.41, 5.74) is 1.64. The topological polar surface area (TPSA) is 72.7 Å². The number of carbonyl (C=O) groups is 1. The van der Waals surface area contributed by atoms with Crippen LogP contribution in [0.3, 0.4) is 0 Å². The molecule has 104 valence electrons. The van der Waals surface area contributed by atoms with Gasteiger partial charge in [-0.3, -0.25) is 9.78 Å². The minimum absolute atomic E-state index is 0.159. The van der Waals surface area contributed by atoms with Crippen molar-refractivity contribution in [2.24, 2.45) is 0 Å². The van der Waals surface area contributed by atoms with Gasteiger partial charge in [0.1, 0.15) is 10.8 Å². The van der Waals surface area contributed by atoms with Gasteiger partial charge in [0.2, 0.25) is 0 Å². The SMILES string of the molecule is O=C(Nc1cccc(-n2cccn2)c1)c1cncc(Cl)n1. The summed E-state index contributed by atoms with van der Waals surface area (Å²) in [6.07, 6.45) is 6.24. The Kier molecular flexibility index (Phi) is 3.61. The van der Waals surface area contributed by atoms with Crippen LogP contribution in [0.5, 0.6) is 0 Å². The van der Waals surface area contributed by atoms with Gasteiger partial charge >= 0.3 is 0 Å². The molecule has 0 atom stereocenters. The molecule has 0 aliphatic carbocycles. The molecule has 0 fully saturated rings. The number of rotatable bonds is 3. The molecule has 3 aromatic rings. The maximum atomic E-state index is 12.1. The minimum atomic E-state index is -0.373. The van der Waals surface area contributed by atoms with Crippen molar-refractivity contribution in [1.82, 2.24) is 19.7 Å². The van der Waals surface area contributed by atoms with Crippen LogP contribution >= 0.6 is 11.6 Å². The van der Waals surface area contributed by atoms with E-state index in [0.29, 0.717) is 5.69 Å². The zero-order chi connectivity index (χ0) is 14.7. The molecule has 0 bridgehead atoms. The molecule has 3 rings (SSSR count). The number of benzene rings is 1. The van der Waals surface area contributed by atoms with Crippen molar-refractivity contribution in [3.63, 3.8) is 0 Å². The Hall–Kier alpha value is -2.73. The Morgan fingerprint density at radius 2 is 2.14 bits per heavy atom. The molecular formula is C14H10ClN5O. The first kappa shape index (κ1) is 13.3. The lowest BCUT2D eigenvalue weighted by atomic mass is 10.2. The first-order valence-electron chi connectivity index (χ1n) is 6.11. The van der Waals surface area contributed by atoms with Crippen molar-refractivity contribution >= 4 is 23.2 Å². The van der Waals surface area contributed by atoms with Gasteiger partial charge in [0.15, 0.2) is 0 Å². The fourth-order valence-electron chi connectivity index (χ4n) is 1.79. The summed E-state index contributed by atoms with van der Waals surface area (Å²) in [6, 6.07) is 9.14. The molecule has 0 saturated heterocycles. The zero-order valence-corrected chi connectivity index (χ0v) is 11.5. The quantitative estimate of drug-likeness (QED) is 0.806. The molecule has 1 aromatic carbocycles. The molecule has 21 heavy (non-hydrogen) atoms. The van der Waals surface area contributed by atoms with Crippen LogP contribution in [0.1, 0.15) is 10.5 Å². The summed E-state index contributed by atoms with van der Waals surface area (Å²) in [6.45, 7) is 0. The van der Waals surface area contributed by atoms with E-state index in [1.165, 1.54) is 12.4 Å². The Morgan fingerprint density at radius 1 is 1.24 bits per heavy atom. The normalized spacial score (nSPS) is 10.3. The van der Waals surface area contributed by atoms with Gasteiger partial charge in [-0.2, -0.15) is 5.10 Å². The third kappa shape index (κ3) is 3.06. The number of carbonyl (C=O) groups excluding carboxylic acids is 1. The lowest BCUT2D eigenvalue weighted by Crippen LogP contribution is -2.14. The van der Waals surface area contributed by atoms with E-state index in [9.17, 15) is 4.79 Å². The second kappa shape index (κ2) is 5.72. The van der Waals surface area contributed by atoms with Gasteiger partial charge in [0.05, 0.1) is 18.1 Å². The first-order valence-corrected chi connectivity index (χ1v) is 6.49. The second-order valence-corrected chi connectivity index (χ2v) is 4.57. The molecule has 0 aliphatic heterocycles. The number of halogens is 1. The fourth-order valence-corrected chi connectivity index (χ4v) is 1.94. The molecule has 0 saturated carbocycles. The van der Waals surface area contributed by atoms with Crippen LogP contribution in [0.25, 0.3) is 5.69 Å². The number of aromatic nitrogens is 4. The first-order chi connectivity index (χ1) is 10.2. The Balaban J connectivity index is 1.82. The molecule has 6 nitrogen and oxygen atoms in total. The summed E-state index contributed by atoms with van der Waals surface area (Å²) in [7, 11) is 0. The predicted octanol–water partition coefficient (Wildman–Crippen LogP) is 2.57. The van der Waals surface area contributed by atoms with Crippen molar-refractivity contribution in [1.29, 1.82) is 0 Å². The molecule has 1 amide bonds. The van der Waals surface area contributed by atoms with Gasteiger partial charge in [-0.1, -0.05) is 17.7 Å². The van der Waals surface area contributed by atoms with E-state index in [4.69, 9.17) is 11.6 Å². The number of hydrogen-bond acceptors (Lipinski definition) is 4. The summed E-state index contributed by atoms with van der Waals surface area (Å²) < 4.78 is 1.70. The van der Waals surface area contributed by atoms with Crippen molar-refractivity contribution < 1.29 is 4.79 Å². The molecule has 0 aliphatic rings. The van der Waals surface area contributed by atoms with Gasteiger partial charge in [-0.15, -0.1) is 0 Å². The van der Waals surface area contributed by atoms with Gasteiger partial charge in [-0.05, 0) is 24.3 Å². The van der Waals surface area contributed by atoms with E-state index >= 15 is 0 Å². The van der Waals surface area contributed by atoms with Gasteiger partial charge in [0.25, 0.3) is 5.91 Å². The summed E-state index contributed by atoms with van der Waals surface area (Å²) in [5, 5.41) is 7.06. The van der Waals surface area contributed by atoms with E-state index in [2.05, 4.69) is 20.4 Å². The van der Waals surface area contributed by atoms with Crippen molar-refractivity contribution in [2.45, 2.75) is 0 Å². The predicted molar refractivity (Wildman–Crippen MR) is 78.6 cm³/mol. The van der Waals surface area contributed by atoms with Crippen LogP contribution in [-0.4, -0.2) is 25.7 Å². The molecular weight excluding hydrogens is 290 g/mol. The minimum Gasteiger partial charge on any atom is -0.321 e. The van der Waals surface area contributed by atoms with Crippen LogP contribution in [0, 0.1) is 0 Å². The average Bonchev–Trinajstić information content (AvgIpc) is 3.02. The smallest absolute Gasteiger partial charge is 0.275 e. The largest absolute Gasteiger partial charge is 0.321 e. The number of amides is 1. The van der Waals surface area contributed by atoms with E-state index in [0.717, 1.165) is 5.69 Å². The third-order valence-electron chi connectivity index (χ3n) is 2.71. The maximum Gasteiger partial charge on any atom is 0.275 e. The number of anilines is 1. The molecule has 2 heterocycles.